The van der Waals surface area contributed by atoms with Gasteiger partial charge in [-0.3, -0.25) is 4.79 Å². The minimum absolute atomic E-state index is 0.166. The molecule has 0 spiro atoms. The van der Waals surface area contributed by atoms with Gasteiger partial charge < -0.3 is 15.6 Å². The number of nitrogens with zero attached hydrogens (tertiary/aromatic N) is 5. The van der Waals surface area contributed by atoms with E-state index in [4.69, 9.17) is 5.26 Å². The molecule has 156 valence electrons. The number of aromatic nitrogens is 5. The number of nitriles is 1. The van der Waals surface area contributed by atoms with E-state index in [0.717, 1.165) is 0 Å². The number of halogens is 3. The number of nitrogens with one attached hydrogen (secondary N) is 3. The SMILES string of the molecule is CC(C)C(Nc1cnnc(-c2c[nH]c3ncc(C#N)cc23)n1)C(=O)NCC(F)(F)F. The first kappa shape index (κ1) is 21.0. The standard InChI is InChI=1S/C18H17F3N8O/c1-9(2)14(17(30)25-8-18(19,20)21)27-13-7-26-29-16(28-13)12-6-24-15-11(12)3-10(4-22)5-23-15/h3,5-7,9,14H,8H2,1-2H3,(H,23,24)(H,25,30)(H,27,28,29). The first-order valence-electron chi connectivity index (χ1n) is 8.86. The highest BCUT2D eigenvalue weighted by atomic mass is 19.4. The first-order chi connectivity index (χ1) is 14.2. The second-order valence-electron chi connectivity index (χ2n) is 6.80. The van der Waals surface area contributed by atoms with Crippen LogP contribution in [0.25, 0.3) is 22.4 Å². The fraction of sp³-hybridized carbons (Fsp3) is 0.333. The molecular formula is C18H17F3N8O. The predicted octanol–water partition coefficient (Wildman–Crippen LogP) is 2.40. The van der Waals surface area contributed by atoms with Gasteiger partial charge in [-0.25, -0.2) is 9.97 Å². The molecule has 0 aliphatic rings. The van der Waals surface area contributed by atoms with Gasteiger partial charge in [0, 0.05) is 23.3 Å². The average molecular weight is 418 g/mol. The Labute approximate surface area is 168 Å². The van der Waals surface area contributed by atoms with Gasteiger partial charge in [0.1, 0.15) is 30.1 Å². The van der Waals surface area contributed by atoms with Crippen molar-refractivity contribution in [3.8, 4) is 17.5 Å². The number of carbonyl (C=O) groups is 1. The van der Waals surface area contributed by atoms with Crippen molar-refractivity contribution in [2.45, 2.75) is 26.1 Å². The van der Waals surface area contributed by atoms with Gasteiger partial charge in [0.25, 0.3) is 0 Å². The van der Waals surface area contributed by atoms with E-state index in [0.29, 0.717) is 22.2 Å². The van der Waals surface area contributed by atoms with Crippen molar-refractivity contribution >= 4 is 22.8 Å². The van der Waals surface area contributed by atoms with Crippen LogP contribution in [-0.4, -0.2) is 49.8 Å². The van der Waals surface area contributed by atoms with Gasteiger partial charge in [-0.15, -0.1) is 5.10 Å². The van der Waals surface area contributed by atoms with Crippen molar-refractivity contribution in [2.75, 3.05) is 11.9 Å². The molecule has 3 aromatic heterocycles. The summed E-state index contributed by atoms with van der Waals surface area (Å²) in [4.78, 5) is 23.6. The predicted molar refractivity (Wildman–Crippen MR) is 101 cm³/mol. The van der Waals surface area contributed by atoms with Crippen LogP contribution in [0.5, 0.6) is 0 Å². The van der Waals surface area contributed by atoms with Crippen LogP contribution in [0.4, 0.5) is 19.0 Å². The zero-order chi connectivity index (χ0) is 21.9. The van der Waals surface area contributed by atoms with Crippen molar-refractivity contribution < 1.29 is 18.0 Å². The van der Waals surface area contributed by atoms with Crippen molar-refractivity contribution in [1.29, 1.82) is 5.26 Å². The Bertz CT molecular complexity index is 1100. The summed E-state index contributed by atoms with van der Waals surface area (Å²) < 4.78 is 37.2. The fourth-order valence-corrected chi connectivity index (χ4v) is 2.73. The highest BCUT2D eigenvalue weighted by Crippen LogP contribution is 2.26. The number of rotatable bonds is 6. The molecule has 3 rings (SSSR count). The molecule has 0 aliphatic heterocycles. The van der Waals surface area contributed by atoms with Gasteiger partial charge in [0.2, 0.25) is 5.91 Å². The molecule has 0 saturated heterocycles. The molecule has 0 aromatic carbocycles. The number of fused-ring (bicyclic) bond motifs is 1. The molecule has 0 bridgehead atoms. The van der Waals surface area contributed by atoms with Gasteiger partial charge in [0.15, 0.2) is 5.82 Å². The third-order valence-electron chi connectivity index (χ3n) is 4.18. The monoisotopic (exact) mass is 418 g/mol. The van der Waals surface area contributed by atoms with E-state index < -0.39 is 24.7 Å². The van der Waals surface area contributed by atoms with Gasteiger partial charge in [-0.1, -0.05) is 13.8 Å². The maximum Gasteiger partial charge on any atom is 0.405 e. The average Bonchev–Trinajstić information content (AvgIpc) is 3.12. The molecule has 0 saturated carbocycles. The molecule has 1 amide bonds. The minimum atomic E-state index is -4.51. The molecule has 0 radical (unpaired) electrons. The molecule has 3 heterocycles. The number of H-pyrrole nitrogens is 1. The van der Waals surface area contributed by atoms with Crippen LogP contribution in [-0.2, 0) is 4.79 Å². The number of alkyl halides is 3. The van der Waals surface area contributed by atoms with Crippen LogP contribution >= 0.6 is 0 Å². The summed E-state index contributed by atoms with van der Waals surface area (Å²) in [6.07, 6.45) is -0.210. The van der Waals surface area contributed by atoms with Crippen LogP contribution in [0.2, 0.25) is 0 Å². The minimum Gasteiger partial charge on any atom is -0.357 e. The number of hydrogen-bond donors (Lipinski definition) is 3. The van der Waals surface area contributed by atoms with Crippen LogP contribution in [0.15, 0.2) is 24.7 Å². The van der Waals surface area contributed by atoms with E-state index in [1.54, 1.807) is 26.1 Å². The molecule has 1 unspecified atom stereocenters. The van der Waals surface area contributed by atoms with Crippen LogP contribution in [0.1, 0.15) is 19.4 Å². The lowest BCUT2D eigenvalue weighted by atomic mass is 10.0. The van der Waals surface area contributed by atoms with Crippen LogP contribution < -0.4 is 10.6 Å². The van der Waals surface area contributed by atoms with E-state index in [2.05, 4.69) is 30.5 Å². The number of carbonyl (C=O) groups excluding carboxylic acids is 1. The highest BCUT2D eigenvalue weighted by Gasteiger charge is 2.30. The summed E-state index contributed by atoms with van der Waals surface area (Å²) in [5.74, 6) is -0.773. The normalized spacial score (nSPS) is 12.6. The lowest BCUT2D eigenvalue weighted by Gasteiger charge is -2.22. The Hall–Kier alpha value is -3.75. The summed E-state index contributed by atoms with van der Waals surface area (Å²) in [6, 6.07) is 2.66. The molecular weight excluding hydrogens is 401 g/mol. The Morgan fingerprint density at radius 1 is 1.33 bits per heavy atom. The van der Waals surface area contributed by atoms with E-state index in [1.807, 2.05) is 11.4 Å². The number of pyridine rings is 1. The Kier molecular flexibility index (Phi) is 5.81. The van der Waals surface area contributed by atoms with Crippen molar-refractivity contribution in [1.82, 2.24) is 30.5 Å². The molecule has 3 aromatic rings. The lowest BCUT2D eigenvalue weighted by molar-refractivity contribution is -0.139. The zero-order valence-electron chi connectivity index (χ0n) is 15.9. The number of aromatic amines is 1. The second-order valence-corrected chi connectivity index (χ2v) is 6.80. The smallest absolute Gasteiger partial charge is 0.357 e. The Morgan fingerprint density at radius 3 is 2.77 bits per heavy atom. The lowest BCUT2D eigenvalue weighted by Crippen LogP contribution is -2.46. The zero-order valence-corrected chi connectivity index (χ0v) is 15.9. The Balaban J connectivity index is 1.86. The van der Waals surface area contributed by atoms with Crippen LogP contribution in [0, 0.1) is 17.2 Å². The molecule has 30 heavy (non-hydrogen) atoms. The largest absolute Gasteiger partial charge is 0.405 e. The van der Waals surface area contributed by atoms with Gasteiger partial charge in [0.05, 0.1) is 11.8 Å². The molecule has 3 N–H and O–H groups in total. The quantitative estimate of drug-likeness (QED) is 0.560. The Morgan fingerprint density at radius 2 is 2.10 bits per heavy atom. The van der Waals surface area contributed by atoms with Gasteiger partial charge >= 0.3 is 6.18 Å². The topological polar surface area (TPSA) is 132 Å². The molecule has 12 heteroatoms. The van der Waals surface area contributed by atoms with Crippen LogP contribution in [0.3, 0.4) is 0 Å². The summed E-state index contributed by atoms with van der Waals surface area (Å²) in [7, 11) is 0. The van der Waals surface area contributed by atoms with Crippen molar-refractivity contribution in [3.63, 3.8) is 0 Å². The van der Waals surface area contributed by atoms with E-state index in [9.17, 15) is 18.0 Å². The summed E-state index contributed by atoms with van der Waals surface area (Å²) in [5, 5.41) is 22.2. The maximum atomic E-state index is 12.4. The molecule has 0 aliphatic carbocycles. The highest BCUT2D eigenvalue weighted by molar-refractivity contribution is 5.92. The van der Waals surface area contributed by atoms with E-state index in [-0.39, 0.29) is 17.6 Å². The van der Waals surface area contributed by atoms with E-state index in [1.165, 1.54) is 12.4 Å². The van der Waals surface area contributed by atoms with Gasteiger partial charge in [-0.2, -0.15) is 23.5 Å². The number of hydrogen-bond acceptors (Lipinski definition) is 7. The second kappa shape index (κ2) is 8.32. The summed E-state index contributed by atoms with van der Waals surface area (Å²) in [6.45, 7) is 1.96. The third kappa shape index (κ3) is 4.80. The van der Waals surface area contributed by atoms with Crippen molar-refractivity contribution in [2.24, 2.45) is 5.92 Å². The van der Waals surface area contributed by atoms with Gasteiger partial charge in [-0.05, 0) is 12.0 Å². The third-order valence-corrected chi connectivity index (χ3v) is 4.18. The van der Waals surface area contributed by atoms with Crippen molar-refractivity contribution in [3.05, 3.63) is 30.2 Å². The summed E-state index contributed by atoms with van der Waals surface area (Å²) in [5.41, 5.74) is 1.41. The molecule has 1 atom stereocenters. The molecule has 9 nitrogen and oxygen atoms in total. The number of amides is 1. The maximum absolute atomic E-state index is 12.4. The fourth-order valence-electron chi connectivity index (χ4n) is 2.73. The van der Waals surface area contributed by atoms with E-state index >= 15 is 0 Å². The number of anilines is 1. The molecule has 0 fully saturated rings. The summed E-state index contributed by atoms with van der Waals surface area (Å²) >= 11 is 0. The first-order valence-corrected chi connectivity index (χ1v) is 8.86.